The Balaban J connectivity index is 2.31. The van der Waals surface area contributed by atoms with Crippen LogP contribution in [0.4, 0.5) is 0 Å². The van der Waals surface area contributed by atoms with Crippen LogP contribution in [-0.2, 0) is 11.2 Å². The number of hydrogen-bond donors (Lipinski definition) is 0. The highest BCUT2D eigenvalue weighted by atomic mass is 16.3. The van der Waals surface area contributed by atoms with E-state index < -0.39 is 0 Å². The Hall–Kier alpha value is -1.57. The third-order valence-corrected chi connectivity index (χ3v) is 2.83. The van der Waals surface area contributed by atoms with Crippen molar-refractivity contribution >= 4 is 16.8 Å². The molecule has 0 aliphatic rings. The van der Waals surface area contributed by atoms with E-state index in [0.29, 0.717) is 12.8 Å². The number of carbonyl (C=O) groups is 1. The molecule has 0 saturated carbocycles. The van der Waals surface area contributed by atoms with Crippen LogP contribution >= 0.6 is 0 Å². The van der Waals surface area contributed by atoms with Crippen LogP contribution in [0.5, 0.6) is 0 Å². The van der Waals surface area contributed by atoms with Gasteiger partial charge in [0.05, 0.1) is 6.42 Å². The standard InChI is InChI=1S/C14H16O2/c1-3-6-11(15)9-14-10(2)12-7-4-5-8-13(12)16-14/h4-5,7-8H,3,6,9H2,1-2H3. The molecule has 0 fully saturated rings. The third-order valence-electron chi connectivity index (χ3n) is 2.83. The predicted molar refractivity (Wildman–Crippen MR) is 64.6 cm³/mol. The minimum absolute atomic E-state index is 0.254. The summed E-state index contributed by atoms with van der Waals surface area (Å²) < 4.78 is 5.69. The lowest BCUT2D eigenvalue weighted by molar-refractivity contribution is -0.118. The fourth-order valence-electron chi connectivity index (χ4n) is 1.94. The van der Waals surface area contributed by atoms with E-state index in [9.17, 15) is 4.79 Å². The summed E-state index contributed by atoms with van der Waals surface area (Å²) >= 11 is 0. The van der Waals surface area contributed by atoms with Gasteiger partial charge in [-0.25, -0.2) is 0 Å². The number of furan rings is 1. The Morgan fingerprint density at radius 2 is 2.06 bits per heavy atom. The molecule has 0 amide bonds. The number of fused-ring (bicyclic) bond motifs is 1. The second-order valence-electron chi connectivity index (χ2n) is 4.11. The van der Waals surface area contributed by atoms with Crippen LogP contribution in [0.15, 0.2) is 28.7 Å². The van der Waals surface area contributed by atoms with Gasteiger partial charge < -0.3 is 4.42 Å². The average molecular weight is 216 g/mol. The fraction of sp³-hybridized carbons (Fsp3) is 0.357. The first-order valence-electron chi connectivity index (χ1n) is 5.71. The quantitative estimate of drug-likeness (QED) is 0.780. The maximum absolute atomic E-state index is 11.6. The molecule has 0 spiro atoms. The first-order chi connectivity index (χ1) is 7.72. The zero-order chi connectivity index (χ0) is 11.5. The Bertz CT molecular complexity index is 508. The lowest BCUT2D eigenvalue weighted by Gasteiger charge is -1.96. The van der Waals surface area contributed by atoms with E-state index in [4.69, 9.17) is 4.42 Å². The van der Waals surface area contributed by atoms with E-state index in [-0.39, 0.29) is 5.78 Å². The second kappa shape index (κ2) is 4.52. The molecule has 0 radical (unpaired) electrons. The van der Waals surface area contributed by atoms with Gasteiger partial charge in [-0.3, -0.25) is 4.79 Å². The molecule has 2 heteroatoms. The Kier molecular flexibility index (Phi) is 3.09. The van der Waals surface area contributed by atoms with Crippen molar-refractivity contribution in [3.05, 3.63) is 35.6 Å². The van der Waals surface area contributed by atoms with Crippen molar-refractivity contribution in [3.8, 4) is 0 Å². The molecule has 1 aromatic carbocycles. The van der Waals surface area contributed by atoms with Gasteiger partial charge in [-0.05, 0) is 25.0 Å². The molecule has 2 aromatic rings. The molecular weight excluding hydrogens is 200 g/mol. The lowest BCUT2D eigenvalue weighted by atomic mass is 10.1. The van der Waals surface area contributed by atoms with Crippen LogP contribution in [0, 0.1) is 6.92 Å². The summed E-state index contributed by atoms with van der Waals surface area (Å²) in [5.74, 6) is 1.07. The molecule has 1 heterocycles. The fourth-order valence-corrected chi connectivity index (χ4v) is 1.94. The molecule has 0 bridgehead atoms. The van der Waals surface area contributed by atoms with Crippen molar-refractivity contribution in [1.29, 1.82) is 0 Å². The number of rotatable bonds is 4. The third kappa shape index (κ3) is 2.01. The van der Waals surface area contributed by atoms with E-state index in [1.54, 1.807) is 0 Å². The van der Waals surface area contributed by atoms with Crippen molar-refractivity contribution in [2.45, 2.75) is 33.1 Å². The largest absolute Gasteiger partial charge is 0.460 e. The lowest BCUT2D eigenvalue weighted by Crippen LogP contribution is -2.01. The molecule has 16 heavy (non-hydrogen) atoms. The van der Waals surface area contributed by atoms with Crippen LogP contribution in [0.2, 0.25) is 0 Å². The smallest absolute Gasteiger partial charge is 0.140 e. The first kappa shape index (κ1) is 10.9. The van der Waals surface area contributed by atoms with Crippen molar-refractivity contribution in [3.63, 3.8) is 0 Å². The molecule has 0 N–H and O–H groups in total. The molecule has 84 valence electrons. The Morgan fingerprint density at radius 1 is 1.31 bits per heavy atom. The Labute approximate surface area is 95.3 Å². The highest BCUT2D eigenvalue weighted by molar-refractivity contribution is 5.86. The van der Waals surface area contributed by atoms with Crippen LogP contribution in [0.1, 0.15) is 31.1 Å². The van der Waals surface area contributed by atoms with Gasteiger partial charge in [-0.15, -0.1) is 0 Å². The first-order valence-corrected chi connectivity index (χ1v) is 5.71. The minimum Gasteiger partial charge on any atom is -0.460 e. The maximum atomic E-state index is 11.6. The van der Waals surface area contributed by atoms with Gasteiger partial charge in [-0.1, -0.05) is 25.1 Å². The molecule has 0 unspecified atom stereocenters. The number of hydrogen-bond acceptors (Lipinski definition) is 2. The number of aryl methyl sites for hydroxylation is 1. The van der Waals surface area contributed by atoms with Crippen LogP contribution < -0.4 is 0 Å². The number of ketones is 1. The highest BCUT2D eigenvalue weighted by Crippen LogP contribution is 2.25. The summed E-state index contributed by atoms with van der Waals surface area (Å²) in [4.78, 5) is 11.6. The predicted octanol–water partition coefficient (Wildman–Crippen LogP) is 3.65. The molecule has 0 aliphatic carbocycles. The van der Waals surface area contributed by atoms with Crippen LogP contribution in [0.3, 0.4) is 0 Å². The van der Waals surface area contributed by atoms with Crippen molar-refractivity contribution in [2.24, 2.45) is 0 Å². The van der Waals surface area contributed by atoms with Crippen LogP contribution in [0.25, 0.3) is 11.0 Å². The summed E-state index contributed by atoms with van der Waals surface area (Å²) in [6, 6.07) is 7.91. The molecule has 0 saturated heterocycles. The summed E-state index contributed by atoms with van der Waals surface area (Å²) in [6.45, 7) is 4.03. The van der Waals surface area contributed by atoms with E-state index in [1.807, 2.05) is 38.1 Å². The maximum Gasteiger partial charge on any atom is 0.140 e. The topological polar surface area (TPSA) is 30.2 Å². The number of para-hydroxylation sites is 1. The van der Waals surface area contributed by atoms with Crippen molar-refractivity contribution in [2.75, 3.05) is 0 Å². The molecule has 1 aromatic heterocycles. The normalized spacial score (nSPS) is 10.9. The summed E-state index contributed by atoms with van der Waals surface area (Å²) in [5.41, 5.74) is 1.97. The SMILES string of the molecule is CCCC(=O)Cc1oc2ccccc2c1C. The summed E-state index contributed by atoms with van der Waals surface area (Å²) in [5, 5.41) is 1.11. The zero-order valence-electron chi connectivity index (χ0n) is 9.75. The van der Waals surface area contributed by atoms with Gasteiger partial charge in [0.2, 0.25) is 0 Å². The minimum atomic E-state index is 0.254. The average Bonchev–Trinajstić information content (AvgIpc) is 2.57. The molecular formula is C14H16O2. The van der Waals surface area contributed by atoms with Crippen molar-refractivity contribution < 1.29 is 9.21 Å². The van der Waals surface area contributed by atoms with E-state index >= 15 is 0 Å². The van der Waals surface area contributed by atoms with E-state index in [2.05, 4.69) is 0 Å². The van der Waals surface area contributed by atoms with Gasteiger partial charge >= 0.3 is 0 Å². The van der Waals surface area contributed by atoms with E-state index in [0.717, 1.165) is 28.7 Å². The van der Waals surface area contributed by atoms with Crippen molar-refractivity contribution in [1.82, 2.24) is 0 Å². The van der Waals surface area contributed by atoms with Crippen LogP contribution in [-0.4, -0.2) is 5.78 Å². The molecule has 2 nitrogen and oxygen atoms in total. The van der Waals surface area contributed by atoms with Gasteiger partial charge in [0.15, 0.2) is 0 Å². The van der Waals surface area contributed by atoms with Gasteiger partial charge in [0.1, 0.15) is 17.1 Å². The number of carbonyl (C=O) groups excluding carboxylic acids is 1. The summed E-state index contributed by atoms with van der Waals surface area (Å²) in [6.07, 6.45) is 1.96. The monoisotopic (exact) mass is 216 g/mol. The highest BCUT2D eigenvalue weighted by Gasteiger charge is 2.12. The molecule has 2 rings (SSSR count). The van der Waals surface area contributed by atoms with E-state index in [1.165, 1.54) is 0 Å². The summed E-state index contributed by atoms with van der Waals surface area (Å²) in [7, 11) is 0. The zero-order valence-corrected chi connectivity index (χ0v) is 9.75. The second-order valence-corrected chi connectivity index (χ2v) is 4.11. The molecule has 0 atom stereocenters. The van der Waals surface area contributed by atoms with Gasteiger partial charge in [-0.2, -0.15) is 0 Å². The van der Waals surface area contributed by atoms with Gasteiger partial charge in [0, 0.05) is 11.8 Å². The number of benzene rings is 1. The number of Topliss-reactive ketones (excluding diaryl/α,β-unsaturated/α-hetero) is 1. The molecule has 0 aliphatic heterocycles. The Morgan fingerprint density at radius 3 is 2.75 bits per heavy atom. The van der Waals surface area contributed by atoms with Gasteiger partial charge in [0.25, 0.3) is 0 Å².